The molecule has 0 radical (unpaired) electrons. The quantitative estimate of drug-likeness (QED) is 0.280. The molecule has 1 heterocycles. The molecule has 6 N–H and O–H groups in total. The number of benzene rings is 1. The first kappa shape index (κ1) is 23.8. The van der Waals surface area contributed by atoms with Gasteiger partial charge in [0.2, 0.25) is 0 Å². The fourth-order valence-electron chi connectivity index (χ4n) is 2.84. The van der Waals surface area contributed by atoms with E-state index in [-0.39, 0.29) is 19.6 Å². The number of nitrogens with zero attached hydrogens (tertiary/aromatic N) is 1. The molecule has 16 heteroatoms. The molecule has 1 aliphatic rings. The van der Waals surface area contributed by atoms with E-state index in [1.807, 2.05) is 0 Å². The van der Waals surface area contributed by atoms with E-state index in [0.717, 1.165) is 5.56 Å². The lowest BCUT2D eigenvalue weighted by Crippen LogP contribution is -2.57. The lowest BCUT2D eigenvalue weighted by molar-refractivity contribution is -0.100. The summed E-state index contributed by atoms with van der Waals surface area (Å²) in [6.45, 7) is -0.330. The summed E-state index contributed by atoms with van der Waals surface area (Å²) in [5.41, 5.74) is 0.765. The molecule has 1 aromatic carbocycles. The second kappa shape index (κ2) is 9.11. The van der Waals surface area contributed by atoms with Gasteiger partial charge in [-0.25, -0.2) is 13.7 Å². The van der Waals surface area contributed by atoms with Crippen molar-refractivity contribution < 1.29 is 56.6 Å². The van der Waals surface area contributed by atoms with Crippen LogP contribution in [0.2, 0.25) is 0 Å². The van der Waals surface area contributed by atoms with E-state index in [1.54, 1.807) is 30.3 Å². The molecule has 0 aromatic heterocycles. The SMILES string of the molecule is O=P(O)(O)OC1[C@H](OP(=O)(O)O)CN(Cc2ccccc2)C[C@H]1OP(=O)(O)O. The minimum Gasteiger partial charge on any atom is -0.303 e. The van der Waals surface area contributed by atoms with Crippen LogP contribution in [0.4, 0.5) is 0 Å². The molecule has 0 spiro atoms. The lowest BCUT2D eigenvalue weighted by atomic mass is 10.0. The smallest absolute Gasteiger partial charge is 0.303 e. The van der Waals surface area contributed by atoms with Crippen molar-refractivity contribution in [1.82, 2.24) is 4.90 Å². The van der Waals surface area contributed by atoms with Crippen LogP contribution in [0.1, 0.15) is 5.56 Å². The lowest BCUT2D eigenvalue weighted by Gasteiger charge is -2.42. The highest BCUT2D eigenvalue weighted by molar-refractivity contribution is 7.47. The Kier molecular flexibility index (Phi) is 7.74. The summed E-state index contributed by atoms with van der Waals surface area (Å²) < 4.78 is 47.5. The summed E-state index contributed by atoms with van der Waals surface area (Å²) >= 11 is 0. The van der Waals surface area contributed by atoms with Crippen LogP contribution in [0.25, 0.3) is 0 Å². The summed E-state index contributed by atoms with van der Waals surface area (Å²) in [6, 6.07) is 8.74. The molecule has 2 atom stereocenters. The molecule has 160 valence electrons. The Morgan fingerprint density at radius 3 is 1.61 bits per heavy atom. The summed E-state index contributed by atoms with van der Waals surface area (Å²) in [7, 11) is -15.5. The summed E-state index contributed by atoms with van der Waals surface area (Å²) in [4.78, 5) is 56.1. The van der Waals surface area contributed by atoms with Gasteiger partial charge < -0.3 is 29.4 Å². The number of rotatable bonds is 8. The third kappa shape index (κ3) is 8.48. The Hall–Kier alpha value is -0.490. The monoisotopic (exact) mass is 463 g/mol. The van der Waals surface area contributed by atoms with Crippen molar-refractivity contribution in [2.24, 2.45) is 0 Å². The minimum atomic E-state index is -5.21. The van der Waals surface area contributed by atoms with E-state index in [0.29, 0.717) is 0 Å². The predicted molar refractivity (Wildman–Crippen MR) is 92.5 cm³/mol. The Morgan fingerprint density at radius 1 is 0.786 bits per heavy atom. The second-order valence-corrected chi connectivity index (χ2v) is 9.59. The Labute approximate surface area is 159 Å². The maximum absolute atomic E-state index is 11.3. The Balaban J connectivity index is 2.32. The molecule has 1 aromatic rings. The van der Waals surface area contributed by atoms with E-state index in [4.69, 9.17) is 29.4 Å². The highest BCUT2D eigenvalue weighted by Crippen LogP contribution is 2.48. The van der Waals surface area contributed by atoms with E-state index >= 15 is 0 Å². The standard InChI is InChI=1S/C12H20NO12P3/c14-26(15,16)23-10-7-13(6-9-4-2-1-3-5-9)8-11(24-27(17,18)19)12(10)25-28(20,21)22/h1-5,10-12H,6-8H2,(H2,14,15,16)(H2,17,18,19)(H2,20,21,22)/t10-,11-/m1/s1. The van der Waals surface area contributed by atoms with Crippen molar-refractivity contribution in [2.75, 3.05) is 13.1 Å². The number of likely N-dealkylation sites (tertiary alicyclic amines) is 1. The van der Waals surface area contributed by atoms with Gasteiger partial charge in [0, 0.05) is 19.6 Å². The van der Waals surface area contributed by atoms with Crippen molar-refractivity contribution in [3.63, 3.8) is 0 Å². The number of hydrogen-bond acceptors (Lipinski definition) is 7. The van der Waals surface area contributed by atoms with E-state index in [2.05, 4.69) is 13.6 Å². The molecule has 1 fully saturated rings. The normalized spacial score (nSPS) is 23.1. The number of phosphoric ester groups is 3. The van der Waals surface area contributed by atoms with Gasteiger partial charge in [-0.15, -0.1) is 0 Å². The van der Waals surface area contributed by atoms with Crippen LogP contribution in [0, 0.1) is 0 Å². The molecule has 2 rings (SSSR count). The van der Waals surface area contributed by atoms with Crippen LogP contribution in [0.5, 0.6) is 0 Å². The van der Waals surface area contributed by atoms with Gasteiger partial charge in [-0.3, -0.25) is 18.5 Å². The molecule has 0 aliphatic carbocycles. The van der Waals surface area contributed by atoms with Gasteiger partial charge in [0.05, 0.1) is 0 Å². The number of piperidine rings is 1. The topological polar surface area (TPSA) is 204 Å². The van der Waals surface area contributed by atoms with E-state index in [1.165, 1.54) is 4.90 Å². The van der Waals surface area contributed by atoms with Crippen LogP contribution in [0.3, 0.4) is 0 Å². The zero-order chi connectivity index (χ0) is 21.2. The molecule has 0 saturated carbocycles. The minimum absolute atomic E-state index is 0.186. The summed E-state index contributed by atoms with van der Waals surface area (Å²) in [6.07, 6.45) is -5.15. The molecule has 0 amide bonds. The molecule has 0 unspecified atom stereocenters. The zero-order valence-corrected chi connectivity index (χ0v) is 16.8. The van der Waals surface area contributed by atoms with Gasteiger partial charge in [0.25, 0.3) is 0 Å². The van der Waals surface area contributed by atoms with Crippen LogP contribution in [0.15, 0.2) is 30.3 Å². The number of phosphoric acid groups is 3. The highest BCUT2D eigenvalue weighted by atomic mass is 31.2. The van der Waals surface area contributed by atoms with Crippen LogP contribution in [-0.2, 0) is 33.8 Å². The maximum atomic E-state index is 11.3. The van der Waals surface area contributed by atoms with Gasteiger partial charge in [-0.2, -0.15) is 0 Å². The predicted octanol–water partition coefficient (Wildman–Crippen LogP) is -0.0641. The van der Waals surface area contributed by atoms with Crippen molar-refractivity contribution in [3.05, 3.63) is 35.9 Å². The molecule has 1 saturated heterocycles. The molecular weight excluding hydrogens is 443 g/mol. The Bertz CT molecular complexity index is 754. The molecule has 1 aliphatic heterocycles. The summed E-state index contributed by atoms with van der Waals surface area (Å²) in [5.74, 6) is 0. The van der Waals surface area contributed by atoms with Crippen LogP contribution in [-0.4, -0.2) is 65.7 Å². The van der Waals surface area contributed by atoms with Crippen LogP contribution >= 0.6 is 23.5 Å². The first-order chi connectivity index (χ1) is 12.7. The van der Waals surface area contributed by atoms with Gasteiger partial charge in [0.1, 0.15) is 18.3 Å². The van der Waals surface area contributed by atoms with Gasteiger partial charge in [0.15, 0.2) is 0 Å². The fraction of sp³-hybridized carbons (Fsp3) is 0.500. The van der Waals surface area contributed by atoms with Crippen molar-refractivity contribution in [3.8, 4) is 0 Å². The third-order valence-electron chi connectivity index (χ3n) is 3.66. The molecule has 13 nitrogen and oxygen atoms in total. The third-order valence-corrected chi connectivity index (χ3v) is 5.27. The number of hydrogen-bond donors (Lipinski definition) is 6. The Morgan fingerprint density at radius 2 is 1.21 bits per heavy atom. The average molecular weight is 463 g/mol. The maximum Gasteiger partial charge on any atom is 0.470 e. The van der Waals surface area contributed by atoms with Crippen LogP contribution < -0.4 is 0 Å². The largest absolute Gasteiger partial charge is 0.470 e. The van der Waals surface area contributed by atoms with Crippen molar-refractivity contribution in [2.45, 2.75) is 24.9 Å². The molecular formula is C12H20NO12P3. The second-order valence-electron chi connectivity index (χ2n) is 6.01. The van der Waals surface area contributed by atoms with E-state index < -0.39 is 41.8 Å². The van der Waals surface area contributed by atoms with E-state index in [9.17, 15) is 13.7 Å². The van der Waals surface area contributed by atoms with Crippen molar-refractivity contribution >= 4 is 23.5 Å². The first-order valence-corrected chi connectivity index (χ1v) is 12.3. The fourth-order valence-corrected chi connectivity index (χ4v) is 4.50. The average Bonchev–Trinajstić information content (AvgIpc) is 2.47. The summed E-state index contributed by atoms with van der Waals surface area (Å²) in [5, 5.41) is 0. The molecule has 0 bridgehead atoms. The van der Waals surface area contributed by atoms with Gasteiger partial charge >= 0.3 is 23.5 Å². The molecule has 28 heavy (non-hydrogen) atoms. The highest BCUT2D eigenvalue weighted by Gasteiger charge is 2.47. The first-order valence-electron chi connectivity index (χ1n) is 7.70. The van der Waals surface area contributed by atoms with Gasteiger partial charge in [-0.1, -0.05) is 30.3 Å². The zero-order valence-electron chi connectivity index (χ0n) is 14.2. The van der Waals surface area contributed by atoms with Gasteiger partial charge in [-0.05, 0) is 5.56 Å². The van der Waals surface area contributed by atoms with Crippen molar-refractivity contribution in [1.29, 1.82) is 0 Å².